The van der Waals surface area contributed by atoms with E-state index in [2.05, 4.69) is 5.32 Å². The maximum absolute atomic E-state index is 11.7. The number of nitrogens with one attached hydrogen (secondary N) is 1. The molecule has 1 aromatic rings. The Morgan fingerprint density at radius 3 is 3.06 bits per heavy atom. The zero-order chi connectivity index (χ0) is 12.4. The van der Waals surface area contributed by atoms with Crippen LogP contribution in [0.2, 0.25) is 5.02 Å². The van der Waals surface area contributed by atoms with E-state index >= 15 is 0 Å². The molecule has 3 N–H and O–H groups in total. The molecule has 5 heteroatoms. The largest absolute Gasteiger partial charge is 0.357 e. The smallest absolute Gasteiger partial charge is 0.242 e. The molecule has 1 fully saturated rings. The molecule has 1 atom stereocenters. The highest BCUT2D eigenvalue weighted by molar-refractivity contribution is 6.33. The lowest BCUT2D eigenvalue weighted by atomic mass is 10.1. The van der Waals surface area contributed by atoms with Gasteiger partial charge in [0.2, 0.25) is 5.91 Å². The van der Waals surface area contributed by atoms with Crippen molar-refractivity contribution in [3.05, 3.63) is 28.8 Å². The van der Waals surface area contributed by atoms with Crippen LogP contribution < -0.4 is 16.0 Å². The minimum absolute atomic E-state index is 0.0270. The van der Waals surface area contributed by atoms with Gasteiger partial charge in [-0.2, -0.15) is 0 Å². The van der Waals surface area contributed by atoms with Crippen LogP contribution in [0, 0.1) is 0 Å². The fourth-order valence-corrected chi connectivity index (χ4v) is 2.44. The van der Waals surface area contributed by atoms with Crippen LogP contribution >= 0.6 is 11.6 Å². The van der Waals surface area contributed by atoms with Crippen molar-refractivity contribution in [3.63, 3.8) is 0 Å². The standard InChI is InChI=1S/C12H16ClN3O/c1-8-12(17)15-5-6-16(8)11-9(7-14)3-2-4-10(11)13/h2-4,8H,5-7,14H2,1H3,(H,15,17). The van der Waals surface area contributed by atoms with Crippen molar-refractivity contribution in [2.24, 2.45) is 5.73 Å². The first kappa shape index (κ1) is 12.2. The topological polar surface area (TPSA) is 58.4 Å². The number of piperazine rings is 1. The third-order valence-electron chi connectivity index (χ3n) is 3.08. The average molecular weight is 254 g/mol. The second-order valence-corrected chi connectivity index (χ2v) is 4.52. The van der Waals surface area contributed by atoms with Crippen molar-refractivity contribution in [2.45, 2.75) is 19.5 Å². The SMILES string of the molecule is CC1C(=O)NCCN1c1c(Cl)cccc1CN. The van der Waals surface area contributed by atoms with Gasteiger partial charge in [-0.3, -0.25) is 4.79 Å². The second-order valence-electron chi connectivity index (χ2n) is 4.11. The fourth-order valence-electron chi connectivity index (χ4n) is 2.13. The van der Waals surface area contributed by atoms with Gasteiger partial charge in [-0.1, -0.05) is 23.7 Å². The van der Waals surface area contributed by atoms with Gasteiger partial charge in [0.25, 0.3) is 0 Å². The monoisotopic (exact) mass is 253 g/mol. The van der Waals surface area contributed by atoms with Crippen LogP contribution in [-0.4, -0.2) is 25.0 Å². The van der Waals surface area contributed by atoms with Crippen molar-refractivity contribution in [2.75, 3.05) is 18.0 Å². The molecule has 0 saturated carbocycles. The minimum Gasteiger partial charge on any atom is -0.357 e. The number of anilines is 1. The Hall–Kier alpha value is -1.26. The Morgan fingerprint density at radius 2 is 2.35 bits per heavy atom. The summed E-state index contributed by atoms with van der Waals surface area (Å²) in [5.41, 5.74) is 7.58. The van der Waals surface area contributed by atoms with Crippen LogP contribution in [0.1, 0.15) is 12.5 Å². The van der Waals surface area contributed by atoms with Crippen molar-refractivity contribution in [1.82, 2.24) is 5.32 Å². The third-order valence-corrected chi connectivity index (χ3v) is 3.38. The number of carbonyl (C=O) groups is 1. The van der Waals surface area contributed by atoms with Gasteiger partial charge in [-0.15, -0.1) is 0 Å². The molecule has 0 radical (unpaired) electrons. The van der Waals surface area contributed by atoms with E-state index in [9.17, 15) is 4.79 Å². The molecule has 1 unspecified atom stereocenters. The van der Waals surface area contributed by atoms with Crippen LogP contribution in [0.5, 0.6) is 0 Å². The van der Waals surface area contributed by atoms with Gasteiger partial charge in [0.1, 0.15) is 6.04 Å². The van der Waals surface area contributed by atoms with Crippen molar-refractivity contribution in [3.8, 4) is 0 Å². The van der Waals surface area contributed by atoms with E-state index in [-0.39, 0.29) is 11.9 Å². The summed E-state index contributed by atoms with van der Waals surface area (Å²) < 4.78 is 0. The van der Waals surface area contributed by atoms with Gasteiger partial charge >= 0.3 is 0 Å². The number of para-hydroxylation sites is 1. The molecule has 0 spiro atoms. The first-order valence-electron chi connectivity index (χ1n) is 5.67. The summed E-state index contributed by atoms with van der Waals surface area (Å²) in [4.78, 5) is 13.7. The molecular weight excluding hydrogens is 238 g/mol. The van der Waals surface area contributed by atoms with E-state index in [1.807, 2.05) is 30.0 Å². The number of amides is 1. The molecule has 1 amide bonds. The summed E-state index contributed by atoms with van der Waals surface area (Å²) >= 11 is 6.23. The summed E-state index contributed by atoms with van der Waals surface area (Å²) in [6.07, 6.45) is 0. The van der Waals surface area contributed by atoms with E-state index in [4.69, 9.17) is 17.3 Å². The van der Waals surface area contributed by atoms with E-state index in [0.717, 1.165) is 17.8 Å². The van der Waals surface area contributed by atoms with Gasteiger partial charge in [0.15, 0.2) is 0 Å². The molecule has 0 aromatic heterocycles. The lowest BCUT2D eigenvalue weighted by Gasteiger charge is -2.36. The molecule has 1 heterocycles. The van der Waals surface area contributed by atoms with E-state index in [1.165, 1.54) is 0 Å². The average Bonchev–Trinajstić information content (AvgIpc) is 2.33. The number of halogens is 1. The first-order chi connectivity index (χ1) is 8.15. The molecule has 0 bridgehead atoms. The van der Waals surface area contributed by atoms with Crippen LogP contribution in [0.25, 0.3) is 0 Å². The Morgan fingerprint density at radius 1 is 1.59 bits per heavy atom. The molecule has 4 nitrogen and oxygen atoms in total. The van der Waals surface area contributed by atoms with Crippen LogP contribution in [0.3, 0.4) is 0 Å². The highest BCUT2D eigenvalue weighted by Crippen LogP contribution is 2.31. The fraction of sp³-hybridized carbons (Fsp3) is 0.417. The Kier molecular flexibility index (Phi) is 3.54. The van der Waals surface area contributed by atoms with Gasteiger partial charge < -0.3 is 16.0 Å². The maximum Gasteiger partial charge on any atom is 0.242 e. The van der Waals surface area contributed by atoms with Crippen LogP contribution in [0.15, 0.2) is 18.2 Å². The number of hydrogen-bond acceptors (Lipinski definition) is 3. The molecule has 1 aromatic carbocycles. The van der Waals surface area contributed by atoms with Gasteiger partial charge in [-0.25, -0.2) is 0 Å². The van der Waals surface area contributed by atoms with Gasteiger partial charge in [-0.05, 0) is 18.6 Å². The summed E-state index contributed by atoms with van der Waals surface area (Å²) in [7, 11) is 0. The van der Waals surface area contributed by atoms with Crippen LogP contribution in [-0.2, 0) is 11.3 Å². The molecule has 1 aliphatic heterocycles. The molecule has 1 aliphatic rings. The lowest BCUT2D eigenvalue weighted by molar-refractivity contribution is -0.122. The number of carbonyl (C=O) groups excluding carboxylic acids is 1. The molecule has 1 saturated heterocycles. The summed E-state index contributed by atoms with van der Waals surface area (Å²) in [6.45, 7) is 3.68. The summed E-state index contributed by atoms with van der Waals surface area (Å²) in [5, 5.41) is 3.48. The van der Waals surface area contributed by atoms with E-state index < -0.39 is 0 Å². The summed E-state index contributed by atoms with van der Waals surface area (Å²) in [6, 6.07) is 5.44. The minimum atomic E-state index is -0.214. The quantitative estimate of drug-likeness (QED) is 0.831. The van der Waals surface area contributed by atoms with E-state index in [0.29, 0.717) is 18.1 Å². The van der Waals surface area contributed by atoms with Crippen molar-refractivity contribution < 1.29 is 4.79 Å². The number of rotatable bonds is 2. The Labute approximate surface area is 106 Å². The van der Waals surface area contributed by atoms with Crippen molar-refractivity contribution in [1.29, 1.82) is 0 Å². The molecular formula is C12H16ClN3O. The highest BCUT2D eigenvalue weighted by Gasteiger charge is 2.28. The van der Waals surface area contributed by atoms with Gasteiger partial charge in [0, 0.05) is 19.6 Å². The molecule has 2 rings (SSSR count). The highest BCUT2D eigenvalue weighted by atomic mass is 35.5. The predicted octanol–water partition coefficient (Wildman–Crippen LogP) is 1.12. The van der Waals surface area contributed by atoms with Crippen molar-refractivity contribution >= 4 is 23.2 Å². The number of nitrogens with two attached hydrogens (primary N) is 1. The third kappa shape index (κ3) is 2.23. The van der Waals surface area contributed by atoms with Crippen LogP contribution in [0.4, 0.5) is 5.69 Å². The first-order valence-corrected chi connectivity index (χ1v) is 6.04. The van der Waals surface area contributed by atoms with Gasteiger partial charge in [0.05, 0.1) is 10.7 Å². The normalized spacial score (nSPS) is 20.3. The van der Waals surface area contributed by atoms with E-state index in [1.54, 1.807) is 0 Å². The molecule has 17 heavy (non-hydrogen) atoms. The second kappa shape index (κ2) is 4.94. The Bertz CT molecular complexity index is 436. The molecule has 0 aliphatic carbocycles. The summed E-state index contributed by atoms with van der Waals surface area (Å²) in [5.74, 6) is 0.0270. The lowest BCUT2D eigenvalue weighted by Crippen LogP contribution is -2.54. The number of nitrogens with zero attached hydrogens (tertiary/aromatic N) is 1. The zero-order valence-corrected chi connectivity index (χ0v) is 10.5. The molecule has 92 valence electrons. The Balaban J connectivity index is 2.41. The maximum atomic E-state index is 11.7. The predicted molar refractivity (Wildman–Crippen MR) is 69.2 cm³/mol. The zero-order valence-electron chi connectivity index (χ0n) is 9.74. The number of benzene rings is 1. The number of hydrogen-bond donors (Lipinski definition) is 2.